The first-order valence-corrected chi connectivity index (χ1v) is 11.2. The van der Waals surface area contributed by atoms with Crippen molar-refractivity contribution in [1.29, 1.82) is 0 Å². The molecule has 0 spiro atoms. The van der Waals surface area contributed by atoms with Gasteiger partial charge in [-0.1, -0.05) is 23.7 Å². The largest absolute Gasteiger partial charge is 0.481 e. The van der Waals surface area contributed by atoms with Gasteiger partial charge in [0.05, 0.1) is 4.90 Å². The highest BCUT2D eigenvalue weighted by Crippen LogP contribution is 2.33. The van der Waals surface area contributed by atoms with Crippen LogP contribution in [0, 0.1) is 5.92 Å². The number of carboxylic acids is 1. The monoisotopic (exact) mass is 435 g/mol. The van der Waals surface area contributed by atoms with Crippen LogP contribution < -0.4 is 5.73 Å². The summed E-state index contributed by atoms with van der Waals surface area (Å²) in [5.41, 5.74) is 8.57. The predicted molar refractivity (Wildman–Crippen MR) is 110 cm³/mol. The number of hydrogen-bond donors (Lipinski definition) is 2. The highest BCUT2D eigenvalue weighted by Gasteiger charge is 2.35. The predicted octanol–water partition coefficient (Wildman–Crippen LogP) is 3.25. The number of Topliss-reactive ketones (excluding diaryl/α,β-unsaturated/α-hetero) is 1. The van der Waals surface area contributed by atoms with E-state index in [0.717, 1.165) is 11.1 Å². The van der Waals surface area contributed by atoms with Crippen LogP contribution >= 0.6 is 11.6 Å². The maximum absolute atomic E-state index is 12.9. The summed E-state index contributed by atoms with van der Waals surface area (Å²) in [5, 5.41) is 8.07. The zero-order valence-electron chi connectivity index (χ0n) is 15.7. The molecule has 8 heteroatoms. The van der Waals surface area contributed by atoms with Crippen molar-refractivity contribution in [3.05, 3.63) is 64.2 Å². The second kappa shape index (κ2) is 8.65. The fraction of sp³-hybridized carbons (Fsp3) is 0.333. The van der Waals surface area contributed by atoms with Gasteiger partial charge in [-0.05, 0) is 66.6 Å². The highest BCUT2D eigenvalue weighted by atomic mass is 35.5. The van der Waals surface area contributed by atoms with Crippen LogP contribution in [-0.2, 0) is 27.5 Å². The minimum atomic E-state index is -3.71. The number of fused-ring (bicyclic) bond motifs is 1. The van der Waals surface area contributed by atoms with Crippen LogP contribution in [0.5, 0.6) is 0 Å². The first kappa shape index (κ1) is 21.5. The van der Waals surface area contributed by atoms with Gasteiger partial charge in [0.2, 0.25) is 0 Å². The van der Waals surface area contributed by atoms with Crippen molar-refractivity contribution in [3.8, 4) is 0 Å². The second-order valence-corrected chi connectivity index (χ2v) is 9.83. The number of aliphatic carboxylic acids is 1. The molecule has 0 saturated carbocycles. The lowest BCUT2D eigenvalue weighted by Gasteiger charge is -2.19. The molecule has 6 nitrogen and oxygen atoms in total. The molecule has 0 aromatic heterocycles. The summed E-state index contributed by atoms with van der Waals surface area (Å²) in [4.78, 5) is 23.0. The molecular formula is C21H22ClNO5S. The van der Waals surface area contributed by atoms with Crippen molar-refractivity contribution in [1.82, 2.24) is 0 Å². The van der Waals surface area contributed by atoms with E-state index >= 15 is 0 Å². The van der Waals surface area contributed by atoms with E-state index in [0.29, 0.717) is 23.4 Å². The van der Waals surface area contributed by atoms with E-state index in [2.05, 4.69) is 0 Å². The van der Waals surface area contributed by atoms with E-state index in [9.17, 15) is 18.0 Å². The standard InChI is InChI=1S/C21H22ClNO5S/c22-17-6-8-18(9-7-17)29(27,28)21(23)16-10-13-4-5-14(11-15(13)12-16)19(24)2-1-3-20(25)26/h4-9,11,16,21H,1-3,10,12,23H2,(H,25,26). The highest BCUT2D eigenvalue weighted by molar-refractivity contribution is 7.92. The molecule has 2 aromatic carbocycles. The van der Waals surface area contributed by atoms with Gasteiger partial charge in [0.25, 0.3) is 0 Å². The molecule has 3 rings (SSSR count). The summed E-state index contributed by atoms with van der Waals surface area (Å²) in [6.07, 6.45) is 1.41. The maximum Gasteiger partial charge on any atom is 0.303 e. The molecule has 0 bridgehead atoms. The average molecular weight is 436 g/mol. The molecule has 0 aliphatic heterocycles. The fourth-order valence-corrected chi connectivity index (χ4v) is 5.29. The van der Waals surface area contributed by atoms with Crippen molar-refractivity contribution in [2.45, 2.75) is 42.4 Å². The summed E-state index contributed by atoms with van der Waals surface area (Å²) >= 11 is 5.83. The van der Waals surface area contributed by atoms with Gasteiger partial charge in [0, 0.05) is 23.4 Å². The van der Waals surface area contributed by atoms with Gasteiger partial charge in [-0.2, -0.15) is 0 Å². The van der Waals surface area contributed by atoms with Crippen LogP contribution in [0.4, 0.5) is 0 Å². The number of rotatable bonds is 8. The molecule has 2 unspecified atom stereocenters. The molecule has 2 aromatic rings. The van der Waals surface area contributed by atoms with Gasteiger partial charge >= 0.3 is 5.97 Å². The van der Waals surface area contributed by atoms with Crippen molar-refractivity contribution in [2.24, 2.45) is 11.7 Å². The lowest BCUT2D eigenvalue weighted by atomic mass is 10.0. The third-order valence-electron chi connectivity index (χ3n) is 5.25. The number of halogens is 1. The van der Waals surface area contributed by atoms with E-state index in [4.69, 9.17) is 22.4 Å². The molecule has 0 amide bonds. The lowest BCUT2D eigenvalue weighted by Crippen LogP contribution is -2.38. The van der Waals surface area contributed by atoms with Crippen molar-refractivity contribution < 1.29 is 23.1 Å². The SMILES string of the molecule is NC(C1Cc2ccc(C(=O)CCCC(=O)O)cc2C1)S(=O)(=O)c1ccc(Cl)cc1. The van der Waals surface area contributed by atoms with Crippen LogP contribution in [0.1, 0.15) is 40.7 Å². The van der Waals surface area contributed by atoms with Gasteiger partial charge in [-0.15, -0.1) is 0 Å². The first-order valence-electron chi connectivity index (χ1n) is 9.30. The lowest BCUT2D eigenvalue weighted by molar-refractivity contribution is -0.137. The molecule has 0 fully saturated rings. The Labute approximate surface area is 174 Å². The minimum Gasteiger partial charge on any atom is -0.481 e. The number of carbonyl (C=O) groups is 2. The molecule has 1 aliphatic rings. The topological polar surface area (TPSA) is 115 Å². The summed E-state index contributed by atoms with van der Waals surface area (Å²) in [5.74, 6) is -1.33. The van der Waals surface area contributed by atoms with Crippen molar-refractivity contribution in [2.75, 3.05) is 0 Å². The molecule has 29 heavy (non-hydrogen) atoms. The molecule has 3 N–H and O–H groups in total. The molecule has 1 aliphatic carbocycles. The van der Waals surface area contributed by atoms with E-state index in [1.54, 1.807) is 12.1 Å². The zero-order valence-corrected chi connectivity index (χ0v) is 17.2. The van der Waals surface area contributed by atoms with E-state index in [1.807, 2.05) is 6.07 Å². The number of ketones is 1. The summed E-state index contributed by atoms with van der Waals surface area (Å²) < 4.78 is 25.7. The van der Waals surface area contributed by atoms with Gasteiger partial charge < -0.3 is 10.8 Å². The molecule has 0 radical (unpaired) electrons. The summed E-state index contributed by atoms with van der Waals surface area (Å²) in [6, 6.07) is 11.3. The number of sulfone groups is 1. The first-order chi connectivity index (χ1) is 13.7. The third-order valence-corrected chi connectivity index (χ3v) is 7.53. The molecular weight excluding hydrogens is 414 g/mol. The minimum absolute atomic E-state index is 0.0455. The van der Waals surface area contributed by atoms with Gasteiger partial charge in [0.15, 0.2) is 15.6 Å². The number of carboxylic acid groups (broad SMARTS) is 1. The van der Waals surface area contributed by atoms with Gasteiger partial charge in [-0.25, -0.2) is 8.42 Å². The van der Waals surface area contributed by atoms with Crippen LogP contribution in [-0.4, -0.2) is 30.7 Å². The van der Waals surface area contributed by atoms with Crippen LogP contribution in [0.2, 0.25) is 5.02 Å². The smallest absolute Gasteiger partial charge is 0.303 e. The number of nitrogens with two attached hydrogens (primary N) is 1. The quantitative estimate of drug-likeness (QED) is 0.615. The molecule has 0 saturated heterocycles. The summed E-state index contributed by atoms with van der Waals surface area (Å²) in [6.45, 7) is 0. The van der Waals surface area contributed by atoms with Crippen molar-refractivity contribution >= 4 is 33.2 Å². The fourth-order valence-electron chi connectivity index (χ4n) is 3.64. The van der Waals surface area contributed by atoms with E-state index in [-0.39, 0.29) is 35.9 Å². The Kier molecular flexibility index (Phi) is 6.41. The number of carbonyl (C=O) groups excluding carboxylic acids is 1. The maximum atomic E-state index is 12.9. The Morgan fingerprint density at radius 3 is 2.38 bits per heavy atom. The Morgan fingerprint density at radius 1 is 1.07 bits per heavy atom. The number of hydrogen-bond acceptors (Lipinski definition) is 5. The van der Waals surface area contributed by atoms with Gasteiger partial charge in [0.1, 0.15) is 5.37 Å². The Bertz CT molecular complexity index is 1030. The van der Waals surface area contributed by atoms with Crippen LogP contribution in [0.15, 0.2) is 47.4 Å². The molecule has 0 heterocycles. The molecule has 2 atom stereocenters. The summed E-state index contributed by atoms with van der Waals surface area (Å²) in [7, 11) is -3.71. The van der Waals surface area contributed by atoms with Crippen LogP contribution in [0.25, 0.3) is 0 Å². The Morgan fingerprint density at radius 2 is 1.72 bits per heavy atom. The average Bonchev–Trinajstić information content (AvgIpc) is 3.10. The number of benzene rings is 2. The van der Waals surface area contributed by atoms with Gasteiger partial charge in [-0.3, -0.25) is 9.59 Å². The van der Waals surface area contributed by atoms with Crippen molar-refractivity contribution in [3.63, 3.8) is 0 Å². The van der Waals surface area contributed by atoms with E-state index in [1.165, 1.54) is 24.3 Å². The Balaban J connectivity index is 1.71. The van der Waals surface area contributed by atoms with E-state index < -0.39 is 21.2 Å². The Hall–Kier alpha value is -2.22. The zero-order chi connectivity index (χ0) is 21.2. The van der Waals surface area contributed by atoms with Crippen LogP contribution in [0.3, 0.4) is 0 Å². The third kappa shape index (κ3) is 4.86. The normalized spacial score (nSPS) is 17.0. The molecule has 154 valence electrons. The second-order valence-electron chi connectivity index (χ2n) is 7.29.